The third-order valence-corrected chi connectivity index (χ3v) is 4.93. The van der Waals surface area contributed by atoms with Gasteiger partial charge < -0.3 is 9.72 Å². The number of nitrogens with one attached hydrogen (secondary N) is 1. The van der Waals surface area contributed by atoms with Crippen molar-refractivity contribution in [3.63, 3.8) is 0 Å². The number of nitrogens with zero attached hydrogens (tertiary/aromatic N) is 3. The Morgan fingerprint density at radius 3 is 3.00 bits per heavy atom. The first-order valence-corrected chi connectivity index (χ1v) is 8.65. The van der Waals surface area contributed by atoms with Crippen LogP contribution in [0.5, 0.6) is 0 Å². The second-order valence-corrected chi connectivity index (χ2v) is 6.98. The molecule has 0 radical (unpaired) electrons. The summed E-state index contributed by atoms with van der Waals surface area (Å²) in [6, 6.07) is 6.64. The summed E-state index contributed by atoms with van der Waals surface area (Å²) in [6.07, 6.45) is 6.54. The van der Waals surface area contributed by atoms with Gasteiger partial charge in [0.25, 0.3) is 0 Å². The van der Waals surface area contributed by atoms with Gasteiger partial charge in [-0.3, -0.25) is 9.69 Å². The lowest BCUT2D eigenvalue weighted by Gasteiger charge is -2.31. The molecule has 4 rings (SSSR count). The number of aromatic nitrogens is 2. The predicted molar refractivity (Wildman–Crippen MR) is 89.1 cm³/mol. The molecule has 122 valence electrons. The van der Waals surface area contributed by atoms with Crippen LogP contribution in [0.4, 0.5) is 0 Å². The summed E-state index contributed by atoms with van der Waals surface area (Å²) in [7, 11) is 0. The third-order valence-electron chi connectivity index (χ3n) is 4.93. The number of piperidine rings is 1. The minimum Gasteiger partial charge on any atom is -0.353 e. The van der Waals surface area contributed by atoms with Crippen molar-refractivity contribution in [3.8, 4) is 0 Å². The van der Waals surface area contributed by atoms with Gasteiger partial charge in [0.15, 0.2) is 0 Å². The molecule has 5 heteroatoms. The summed E-state index contributed by atoms with van der Waals surface area (Å²) in [4.78, 5) is 19.4. The number of carbonyl (C=O) groups excluding carboxylic acids is 1. The fraction of sp³-hybridized carbons (Fsp3) is 0.556. The highest BCUT2D eigenvalue weighted by Crippen LogP contribution is 2.23. The van der Waals surface area contributed by atoms with Crippen LogP contribution < -0.4 is 5.32 Å². The van der Waals surface area contributed by atoms with Crippen LogP contribution in [0, 0.1) is 12.8 Å². The Hall–Kier alpha value is -1.88. The molecule has 5 nitrogen and oxygen atoms in total. The zero-order chi connectivity index (χ0) is 15.8. The maximum Gasteiger partial charge on any atom is 0.224 e. The molecule has 1 saturated heterocycles. The maximum absolute atomic E-state index is 12.3. The predicted octanol–water partition coefficient (Wildman–Crippen LogP) is 2.13. The van der Waals surface area contributed by atoms with Crippen molar-refractivity contribution in [2.45, 2.75) is 45.2 Å². The molecule has 23 heavy (non-hydrogen) atoms. The van der Waals surface area contributed by atoms with Crippen molar-refractivity contribution in [1.29, 1.82) is 0 Å². The average molecular weight is 312 g/mol. The number of rotatable bonds is 4. The van der Waals surface area contributed by atoms with Gasteiger partial charge >= 0.3 is 0 Å². The van der Waals surface area contributed by atoms with Gasteiger partial charge in [0.1, 0.15) is 5.65 Å². The number of hydrogen-bond acceptors (Lipinski definition) is 3. The quantitative estimate of drug-likeness (QED) is 0.941. The molecule has 1 amide bonds. The molecule has 1 unspecified atom stereocenters. The monoisotopic (exact) mass is 312 g/mol. The van der Waals surface area contributed by atoms with E-state index in [2.05, 4.69) is 33.8 Å². The fourth-order valence-corrected chi connectivity index (χ4v) is 3.46. The van der Waals surface area contributed by atoms with Crippen molar-refractivity contribution < 1.29 is 4.79 Å². The highest BCUT2D eigenvalue weighted by atomic mass is 16.2. The van der Waals surface area contributed by atoms with Crippen LogP contribution >= 0.6 is 0 Å². The molecular weight excluding hydrogens is 288 g/mol. The number of carbonyl (C=O) groups is 1. The van der Waals surface area contributed by atoms with E-state index in [9.17, 15) is 4.79 Å². The van der Waals surface area contributed by atoms with E-state index in [0.717, 1.165) is 56.7 Å². The lowest BCUT2D eigenvalue weighted by atomic mass is 9.97. The molecule has 1 saturated carbocycles. The molecule has 0 spiro atoms. The molecule has 0 bridgehead atoms. The first-order chi connectivity index (χ1) is 11.2. The second kappa shape index (κ2) is 5.96. The molecule has 1 atom stereocenters. The van der Waals surface area contributed by atoms with E-state index in [0.29, 0.717) is 6.04 Å². The SMILES string of the molecule is Cc1cccc2nc(CN3CCCC(C(=O)NC4CC4)C3)cn12. The van der Waals surface area contributed by atoms with Crippen LogP contribution in [0.1, 0.15) is 37.1 Å². The van der Waals surface area contributed by atoms with E-state index >= 15 is 0 Å². The number of imidazole rings is 1. The second-order valence-electron chi connectivity index (χ2n) is 6.98. The van der Waals surface area contributed by atoms with Gasteiger partial charge in [-0.25, -0.2) is 4.98 Å². The number of fused-ring (bicyclic) bond motifs is 1. The standard InChI is InChI=1S/C18H24N4O/c1-13-4-2-6-17-19-16(12-22(13)17)11-21-9-3-5-14(10-21)18(23)20-15-7-8-15/h2,4,6,12,14-15H,3,5,7-11H2,1H3,(H,20,23). The van der Waals surface area contributed by atoms with E-state index in [1.54, 1.807) is 0 Å². The first-order valence-electron chi connectivity index (χ1n) is 8.65. The van der Waals surface area contributed by atoms with Crippen molar-refractivity contribution in [2.75, 3.05) is 13.1 Å². The Morgan fingerprint density at radius 2 is 2.22 bits per heavy atom. The van der Waals surface area contributed by atoms with Crippen molar-refractivity contribution in [1.82, 2.24) is 19.6 Å². The zero-order valence-electron chi connectivity index (χ0n) is 13.7. The summed E-state index contributed by atoms with van der Waals surface area (Å²) in [5, 5.41) is 3.15. The van der Waals surface area contributed by atoms with E-state index in [-0.39, 0.29) is 11.8 Å². The van der Waals surface area contributed by atoms with Crippen LogP contribution in [-0.4, -0.2) is 39.3 Å². The Kier molecular flexibility index (Phi) is 3.81. The number of amides is 1. The molecule has 2 aromatic heterocycles. The number of pyridine rings is 1. The molecule has 3 heterocycles. The first kappa shape index (κ1) is 14.7. The van der Waals surface area contributed by atoms with Crippen molar-refractivity contribution >= 4 is 11.6 Å². The van der Waals surface area contributed by atoms with Crippen LogP contribution in [0.25, 0.3) is 5.65 Å². The number of hydrogen-bond donors (Lipinski definition) is 1. The summed E-state index contributed by atoms with van der Waals surface area (Å²) < 4.78 is 2.14. The lowest BCUT2D eigenvalue weighted by Crippen LogP contribution is -2.43. The lowest BCUT2D eigenvalue weighted by molar-refractivity contribution is -0.126. The average Bonchev–Trinajstić information content (AvgIpc) is 3.25. The minimum atomic E-state index is 0.142. The Bertz CT molecular complexity index is 719. The smallest absolute Gasteiger partial charge is 0.224 e. The van der Waals surface area contributed by atoms with Crippen LogP contribution in [-0.2, 0) is 11.3 Å². The van der Waals surface area contributed by atoms with Crippen molar-refractivity contribution in [2.24, 2.45) is 5.92 Å². The molecule has 2 fully saturated rings. The Labute approximate surface area is 136 Å². The van der Waals surface area contributed by atoms with Gasteiger partial charge in [-0.05, 0) is 51.3 Å². The highest BCUT2D eigenvalue weighted by molar-refractivity contribution is 5.79. The fourth-order valence-electron chi connectivity index (χ4n) is 3.46. The molecule has 2 aliphatic rings. The molecule has 1 N–H and O–H groups in total. The van der Waals surface area contributed by atoms with E-state index in [1.807, 2.05) is 12.1 Å². The largest absolute Gasteiger partial charge is 0.353 e. The maximum atomic E-state index is 12.3. The number of likely N-dealkylation sites (tertiary alicyclic amines) is 1. The third kappa shape index (κ3) is 3.24. The van der Waals surface area contributed by atoms with E-state index in [1.165, 1.54) is 5.69 Å². The van der Waals surface area contributed by atoms with E-state index < -0.39 is 0 Å². The van der Waals surface area contributed by atoms with Gasteiger partial charge in [-0.1, -0.05) is 6.07 Å². The van der Waals surface area contributed by atoms with Crippen LogP contribution in [0.3, 0.4) is 0 Å². The highest BCUT2D eigenvalue weighted by Gasteiger charge is 2.30. The minimum absolute atomic E-state index is 0.142. The molecule has 0 aromatic carbocycles. The Balaban J connectivity index is 1.42. The summed E-state index contributed by atoms with van der Waals surface area (Å²) in [6.45, 7) is 4.83. The molecule has 1 aliphatic heterocycles. The zero-order valence-corrected chi connectivity index (χ0v) is 13.7. The van der Waals surface area contributed by atoms with Crippen LogP contribution in [0.15, 0.2) is 24.4 Å². The van der Waals surface area contributed by atoms with Gasteiger partial charge in [-0.2, -0.15) is 0 Å². The Morgan fingerprint density at radius 1 is 1.35 bits per heavy atom. The molecule has 2 aromatic rings. The van der Waals surface area contributed by atoms with Crippen molar-refractivity contribution in [3.05, 3.63) is 35.8 Å². The van der Waals surface area contributed by atoms with E-state index in [4.69, 9.17) is 4.98 Å². The van der Waals surface area contributed by atoms with Crippen LogP contribution in [0.2, 0.25) is 0 Å². The molecular formula is C18H24N4O. The summed E-state index contributed by atoms with van der Waals surface area (Å²) in [5.41, 5.74) is 3.28. The van der Waals surface area contributed by atoms with Gasteiger partial charge in [0.2, 0.25) is 5.91 Å². The van der Waals surface area contributed by atoms with Gasteiger partial charge in [-0.15, -0.1) is 0 Å². The summed E-state index contributed by atoms with van der Waals surface area (Å²) >= 11 is 0. The normalized spacial score (nSPS) is 22.4. The number of aryl methyl sites for hydroxylation is 1. The topological polar surface area (TPSA) is 49.6 Å². The van der Waals surface area contributed by atoms with Gasteiger partial charge in [0.05, 0.1) is 11.6 Å². The summed E-state index contributed by atoms with van der Waals surface area (Å²) in [5.74, 6) is 0.395. The molecule has 1 aliphatic carbocycles. The van der Waals surface area contributed by atoms with Gasteiger partial charge in [0, 0.05) is 31.0 Å².